The smallest absolute Gasteiger partial charge is 0.409 e. The van der Waals surface area contributed by atoms with Gasteiger partial charge in [0, 0.05) is 17.8 Å². The number of hydrogen-bond acceptors (Lipinski definition) is 6. The van der Waals surface area contributed by atoms with E-state index in [2.05, 4.69) is 20.8 Å². The predicted octanol–water partition coefficient (Wildman–Crippen LogP) is 4.06. The van der Waals surface area contributed by atoms with Crippen LogP contribution in [0.4, 0.5) is 16.2 Å². The molecule has 0 saturated carbocycles. The van der Waals surface area contributed by atoms with Crippen LogP contribution in [0.5, 0.6) is 5.75 Å². The van der Waals surface area contributed by atoms with Gasteiger partial charge >= 0.3 is 6.09 Å². The number of aromatic nitrogens is 2. The molecule has 27 heavy (non-hydrogen) atoms. The minimum Gasteiger partial charge on any atom is -0.496 e. The first-order chi connectivity index (χ1) is 13.0. The summed E-state index contributed by atoms with van der Waals surface area (Å²) in [4.78, 5) is 15.5. The van der Waals surface area contributed by atoms with Crippen LogP contribution in [0.25, 0.3) is 11.1 Å². The normalized spacial score (nSPS) is 10.5. The lowest BCUT2D eigenvalue weighted by molar-refractivity contribution is 0.210. The lowest BCUT2D eigenvalue weighted by Gasteiger charge is -2.17. The van der Waals surface area contributed by atoms with Gasteiger partial charge in [-0.15, -0.1) is 0 Å². The van der Waals surface area contributed by atoms with Crippen LogP contribution in [-0.4, -0.2) is 28.5 Å². The van der Waals surface area contributed by atoms with E-state index in [1.807, 2.05) is 25.1 Å². The van der Waals surface area contributed by atoms with Crippen molar-refractivity contribution < 1.29 is 19.2 Å². The number of nitrogens with zero attached hydrogens (tertiary/aromatic N) is 2. The van der Waals surface area contributed by atoms with Crippen molar-refractivity contribution in [3.05, 3.63) is 53.7 Å². The number of benzene rings is 1. The first kappa shape index (κ1) is 18.2. The van der Waals surface area contributed by atoms with Crippen LogP contribution in [0.1, 0.15) is 17.1 Å². The summed E-state index contributed by atoms with van der Waals surface area (Å²) in [6.07, 6.45) is 0.542. The highest BCUT2D eigenvalue weighted by molar-refractivity contribution is 5.92. The molecule has 2 heterocycles. The van der Waals surface area contributed by atoms with Crippen molar-refractivity contribution in [2.75, 3.05) is 17.7 Å². The third-order valence-electron chi connectivity index (χ3n) is 4.07. The summed E-state index contributed by atoms with van der Waals surface area (Å²) in [5, 5.41) is 18.8. The van der Waals surface area contributed by atoms with Crippen molar-refractivity contribution in [3.8, 4) is 16.9 Å². The molecule has 0 unspecified atom stereocenters. The molecule has 0 spiro atoms. The van der Waals surface area contributed by atoms with Crippen LogP contribution >= 0.6 is 0 Å². The van der Waals surface area contributed by atoms with E-state index in [0.717, 1.165) is 11.3 Å². The number of methoxy groups -OCH3 is 1. The Balaban J connectivity index is 2.03. The molecule has 8 nitrogen and oxygen atoms in total. The van der Waals surface area contributed by atoms with Crippen LogP contribution in [0.3, 0.4) is 0 Å². The van der Waals surface area contributed by atoms with E-state index in [0.29, 0.717) is 40.7 Å². The van der Waals surface area contributed by atoms with Crippen molar-refractivity contribution in [2.45, 2.75) is 20.4 Å². The van der Waals surface area contributed by atoms with Gasteiger partial charge in [-0.05, 0) is 32.0 Å². The lowest BCUT2D eigenvalue weighted by atomic mass is 10.0. The van der Waals surface area contributed by atoms with Crippen molar-refractivity contribution >= 4 is 17.5 Å². The van der Waals surface area contributed by atoms with Gasteiger partial charge in [-0.3, -0.25) is 10.3 Å². The molecular formula is C19H20N4O4. The summed E-state index contributed by atoms with van der Waals surface area (Å²) in [6, 6.07) is 9.06. The Morgan fingerprint density at radius 3 is 2.67 bits per heavy atom. The summed E-state index contributed by atoms with van der Waals surface area (Å²) in [7, 11) is 1.56. The van der Waals surface area contributed by atoms with Gasteiger partial charge in [0.25, 0.3) is 0 Å². The molecule has 0 saturated heterocycles. The molecule has 0 atom stereocenters. The van der Waals surface area contributed by atoms with Crippen molar-refractivity contribution in [2.24, 2.45) is 0 Å². The highest BCUT2D eigenvalue weighted by atomic mass is 16.5. The molecule has 140 valence electrons. The SMILES string of the molecule is COc1cc(NCc2ccccn2)c(NC(=O)O)cc1-c1c(C)noc1C. The highest BCUT2D eigenvalue weighted by Crippen LogP contribution is 2.40. The number of pyridine rings is 1. The number of carbonyl (C=O) groups is 1. The highest BCUT2D eigenvalue weighted by Gasteiger charge is 2.19. The Morgan fingerprint density at radius 2 is 2.07 bits per heavy atom. The molecule has 1 amide bonds. The van der Waals surface area contributed by atoms with Gasteiger partial charge in [0.2, 0.25) is 0 Å². The zero-order valence-corrected chi connectivity index (χ0v) is 15.2. The van der Waals surface area contributed by atoms with Crippen LogP contribution < -0.4 is 15.4 Å². The maximum Gasteiger partial charge on any atom is 0.409 e. The van der Waals surface area contributed by atoms with E-state index in [9.17, 15) is 9.90 Å². The minimum atomic E-state index is -1.16. The summed E-state index contributed by atoms with van der Waals surface area (Å²) >= 11 is 0. The number of ether oxygens (including phenoxy) is 1. The lowest BCUT2D eigenvalue weighted by Crippen LogP contribution is -2.11. The molecule has 0 aliphatic rings. The average Bonchev–Trinajstić information content (AvgIpc) is 2.99. The quantitative estimate of drug-likeness (QED) is 0.602. The van der Waals surface area contributed by atoms with E-state index in [1.165, 1.54) is 0 Å². The molecule has 0 fully saturated rings. The first-order valence-electron chi connectivity index (χ1n) is 8.28. The number of amides is 1. The zero-order chi connectivity index (χ0) is 19.4. The topological polar surface area (TPSA) is 110 Å². The van der Waals surface area contributed by atoms with Crippen LogP contribution in [-0.2, 0) is 6.54 Å². The first-order valence-corrected chi connectivity index (χ1v) is 8.28. The van der Waals surface area contributed by atoms with Crippen molar-refractivity contribution in [1.82, 2.24) is 10.1 Å². The third kappa shape index (κ3) is 4.00. The summed E-state index contributed by atoms with van der Waals surface area (Å²) in [5.41, 5.74) is 3.97. The Labute approximate surface area is 156 Å². The summed E-state index contributed by atoms with van der Waals surface area (Å²) in [6.45, 7) is 4.05. The molecule has 3 rings (SSSR count). The molecule has 1 aromatic carbocycles. The van der Waals surface area contributed by atoms with Gasteiger partial charge in [0.15, 0.2) is 0 Å². The molecule has 2 aromatic heterocycles. The maximum absolute atomic E-state index is 11.3. The average molecular weight is 368 g/mol. The Hall–Kier alpha value is -3.55. The second-order valence-corrected chi connectivity index (χ2v) is 5.90. The van der Waals surface area contributed by atoms with Gasteiger partial charge < -0.3 is 19.7 Å². The molecular weight excluding hydrogens is 348 g/mol. The van der Waals surface area contributed by atoms with Crippen LogP contribution in [0, 0.1) is 13.8 Å². The fraction of sp³-hybridized carbons (Fsp3) is 0.211. The monoisotopic (exact) mass is 368 g/mol. The van der Waals surface area contributed by atoms with Gasteiger partial charge in [-0.2, -0.15) is 0 Å². The van der Waals surface area contributed by atoms with E-state index < -0.39 is 6.09 Å². The molecule has 3 N–H and O–H groups in total. The molecule has 0 radical (unpaired) electrons. The molecule has 8 heteroatoms. The number of rotatable bonds is 6. The van der Waals surface area contributed by atoms with Crippen LogP contribution in [0.15, 0.2) is 41.1 Å². The van der Waals surface area contributed by atoms with Gasteiger partial charge in [0.05, 0.1) is 42.0 Å². The molecule has 0 aliphatic heterocycles. The van der Waals surface area contributed by atoms with E-state index >= 15 is 0 Å². The molecule has 0 aliphatic carbocycles. The largest absolute Gasteiger partial charge is 0.496 e. The van der Waals surface area contributed by atoms with E-state index in [1.54, 1.807) is 32.4 Å². The third-order valence-corrected chi connectivity index (χ3v) is 4.07. The Morgan fingerprint density at radius 1 is 1.26 bits per heavy atom. The fourth-order valence-electron chi connectivity index (χ4n) is 2.86. The fourth-order valence-corrected chi connectivity index (χ4v) is 2.86. The van der Waals surface area contributed by atoms with Crippen molar-refractivity contribution in [1.29, 1.82) is 0 Å². The second kappa shape index (κ2) is 7.77. The Kier molecular flexibility index (Phi) is 5.25. The van der Waals surface area contributed by atoms with E-state index in [4.69, 9.17) is 9.26 Å². The number of aryl methyl sites for hydroxylation is 2. The summed E-state index contributed by atoms with van der Waals surface area (Å²) in [5.74, 6) is 1.20. The van der Waals surface area contributed by atoms with Crippen molar-refractivity contribution in [3.63, 3.8) is 0 Å². The zero-order valence-electron chi connectivity index (χ0n) is 15.2. The van der Waals surface area contributed by atoms with Gasteiger partial charge in [-0.25, -0.2) is 4.79 Å². The summed E-state index contributed by atoms with van der Waals surface area (Å²) < 4.78 is 10.8. The predicted molar refractivity (Wildman–Crippen MR) is 101 cm³/mol. The number of carboxylic acid groups (broad SMARTS) is 1. The minimum absolute atomic E-state index is 0.397. The van der Waals surface area contributed by atoms with E-state index in [-0.39, 0.29) is 0 Å². The maximum atomic E-state index is 11.3. The number of anilines is 2. The number of hydrogen-bond donors (Lipinski definition) is 3. The molecule has 3 aromatic rings. The standard InChI is InChI=1S/C19H20N4O4/c1-11-18(12(2)27-23-11)14-8-16(22-19(24)25)15(9-17(14)26-3)21-10-13-6-4-5-7-20-13/h4-9,21-22H,10H2,1-3H3,(H,24,25). The van der Waals surface area contributed by atoms with Crippen LogP contribution in [0.2, 0.25) is 0 Å². The second-order valence-electron chi connectivity index (χ2n) is 5.90. The number of nitrogens with one attached hydrogen (secondary N) is 2. The van der Waals surface area contributed by atoms with Gasteiger partial charge in [-0.1, -0.05) is 11.2 Å². The Bertz CT molecular complexity index is 934. The molecule has 0 bridgehead atoms. The van der Waals surface area contributed by atoms with Gasteiger partial charge in [0.1, 0.15) is 11.5 Å².